The van der Waals surface area contributed by atoms with E-state index in [1.54, 1.807) is 39.8 Å². The SMILES string of the molecule is CCCCCCCCCCCON=Cc1c2c(O)c3c(O)c(C)c4c(c3c1O)C(=O)[C@@](C)(OC=C[C@H](OC)[C@H](C)[C@H](OC(C)=O)[C@H](C)[C@H](O)[C@H](C)[C@H](O)[C@@H](C)C=CC=C(C)C(=O)N2)O4. The lowest BCUT2D eigenvalue weighted by molar-refractivity contribution is -0.160. The maximum Gasteiger partial charge on any atom is 0.312 e. The van der Waals surface area contributed by atoms with Crippen molar-refractivity contribution in [3.63, 3.8) is 0 Å². The second-order valence-electron chi connectivity index (χ2n) is 17.5. The van der Waals surface area contributed by atoms with Crippen LogP contribution in [0.5, 0.6) is 23.0 Å². The normalized spacial score (nSPS) is 26.8. The average Bonchev–Trinajstić information content (AvgIpc) is 3.52. The highest BCUT2D eigenvalue weighted by atomic mass is 16.7. The molecule has 3 aliphatic heterocycles. The van der Waals surface area contributed by atoms with E-state index in [2.05, 4.69) is 17.4 Å². The number of Topliss-reactive ketones (excluding diaryl/α,β-unsaturated/α-hetero) is 1. The number of nitrogens with one attached hydrogen (secondary N) is 1. The molecule has 2 aromatic carbocycles. The van der Waals surface area contributed by atoms with Crippen molar-refractivity contribution >= 4 is 40.3 Å². The number of allylic oxidation sites excluding steroid dienone is 2. The van der Waals surface area contributed by atoms with Crippen LogP contribution in [0.15, 0.2) is 41.3 Å². The van der Waals surface area contributed by atoms with Crippen LogP contribution in [0.4, 0.5) is 5.69 Å². The summed E-state index contributed by atoms with van der Waals surface area (Å²) in [5.74, 6) is -8.54. The standard InChI is InChI=1S/C49H70N2O13/c1-11-12-13-14-15-16-17-18-19-24-62-50-26-34-39-44(57)37-36(43(34)56)38-46(32(7)42(37)55)64-49(9,47(38)58)61-25-23-35(60-10)29(4)45(63-33(8)52)31(6)41(54)30(5)40(53)27(2)21-20-22-28(3)48(59)51-39/h20-23,25-27,29-31,35,40-41,45,53-57H,11-19,24H2,1-10H3,(H,51,59)/t27-,29-,30+,31+,35-,40+,41+,45-,49-/m0/s1. The zero-order valence-electron chi connectivity index (χ0n) is 39.1. The number of phenols is 3. The van der Waals surface area contributed by atoms with Gasteiger partial charge < -0.3 is 54.6 Å². The molecular weight excluding hydrogens is 825 g/mol. The number of amides is 1. The number of carbonyl (C=O) groups is 3. The quantitative estimate of drug-likeness (QED) is 0.0261. The van der Waals surface area contributed by atoms with E-state index >= 15 is 0 Å². The van der Waals surface area contributed by atoms with Crippen LogP contribution in [0.1, 0.15) is 135 Å². The van der Waals surface area contributed by atoms with Crippen molar-refractivity contribution in [2.45, 2.75) is 150 Å². The molecule has 9 atom stereocenters. The Morgan fingerprint density at radius 3 is 2.14 bits per heavy atom. The smallest absolute Gasteiger partial charge is 0.312 e. The molecule has 2 aromatic rings. The number of benzene rings is 2. The van der Waals surface area contributed by atoms with E-state index in [1.807, 2.05) is 0 Å². The fourth-order valence-electron chi connectivity index (χ4n) is 8.49. The highest BCUT2D eigenvalue weighted by Gasteiger charge is 2.50. The molecule has 0 aromatic heterocycles. The number of ether oxygens (including phenoxy) is 4. The van der Waals surface area contributed by atoms with Crippen LogP contribution in [-0.4, -0.2) is 93.3 Å². The first-order valence-electron chi connectivity index (χ1n) is 22.6. The summed E-state index contributed by atoms with van der Waals surface area (Å²) < 4.78 is 23.6. The molecule has 354 valence electrons. The molecule has 1 amide bonds. The average molecular weight is 895 g/mol. The number of methoxy groups -OCH3 is 1. The third-order valence-corrected chi connectivity index (χ3v) is 12.6. The zero-order valence-corrected chi connectivity index (χ0v) is 39.1. The van der Waals surface area contributed by atoms with Crippen molar-refractivity contribution in [1.82, 2.24) is 0 Å². The molecule has 6 N–H and O–H groups in total. The lowest BCUT2D eigenvalue weighted by Crippen LogP contribution is -2.46. The predicted octanol–water partition coefficient (Wildman–Crippen LogP) is 8.64. The number of esters is 1. The summed E-state index contributed by atoms with van der Waals surface area (Å²) in [6.45, 7) is 15.0. The van der Waals surface area contributed by atoms with Crippen molar-refractivity contribution in [2.24, 2.45) is 28.8 Å². The molecule has 0 aliphatic carbocycles. The van der Waals surface area contributed by atoms with Crippen molar-refractivity contribution in [3.8, 4) is 23.0 Å². The minimum Gasteiger partial charge on any atom is -0.507 e. The van der Waals surface area contributed by atoms with Gasteiger partial charge in [0.05, 0.1) is 53.0 Å². The number of oxime groups is 1. The summed E-state index contributed by atoms with van der Waals surface area (Å²) in [7, 11) is 1.44. The van der Waals surface area contributed by atoms with Crippen LogP contribution in [0.25, 0.3) is 10.8 Å². The van der Waals surface area contributed by atoms with Gasteiger partial charge in [0.25, 0.3) is 11.7 Å². The number of aliphatic hydroxyl groups is 2. The van der Waals surface area contributed by atoms with Gasteiger partial charge in [-0.3, -0.25) is 14.4 Å². The van der Waals surface area contributed by atoms with Crippen LogP contribution in [0.2, 0.25) is 0 Å². The summed E-state index contributed by atoms with van der Waals surface area (Å²) in [5, 5.41) is 64.6. The molecule has 15 heteroatoms. The molecule has 3 heterocycles. The van der Waals surface area contributed by atoms with Gasteiger partial charge in [0.1, 0.15) is 30.0 Å². The maximum absolute atomic E-state index is 14.5. The summed E-state index contributed by atoms with van der Waals surface area (Å²) in [4.78, 5) is 46.1. The van der Waals surface area contributed by atoms with Gasteiger partial charge in [-0.05, 0) is 32.8 Å². The van der Waals surface area contributed by atoms with Crippen LogP contribution < -0.4 is 10.1 Å². The Kier molecular flexibility index (Phi) is 18.7. The Labute approximate surface area is 377 Å². The summed E-state index contributed by atoms with van der Waals surface area (Å²) >= 11 is 0. The molecule has 5 bridgehead atoms. The lowest BCUT2D eigenvalue weighted by atomic mass is 9.78. The van der Waals surface area contributed by atoms with E-state index in [0.717, 1.165) is 31.9 Å². The molecule has 0 saturated carbocycles. The molecule has 64 heavy (non-hydrogen) atoms. The van der Waals surface area contributed by atoms with Crippen LogP contribution in [0, 0.1) is 30.6 Å². The second kappa shape index (κ2) is 23.2. The molecule has 0 saturated heterocycles. The van der Waals surface area contributed by atoms with Gasteiger partial charge in [0.15, 0.2) is 5.75 Å². The molecule has 0 radical (unpaired) electrons. The Bertz CT molecular complexity index is 2090. The number of fused-ring (bicyclic) bond motifs is 14. The molecule has 0 unspecified atom stereocenters. The van der Waals surface area contributed by atoms with Gasteiger partial charge in [-0.25, -0.2) is 0 Å². The summed E-state index contributed by atoms with van der Waals surface area (Å²) in [5.41, 5.74) is -0.530. The van der Waals surface area contributed by atoms with Gasteiger partial charge in [-0.2, -0.15) is 0 Å². The van der Waals surface area contributed by atoms with Crippen molar-refractivity contribution in [2.75, 3.05) is 19.0 Å². The number of anilines is 1. The van der Waals surface area contributed by atoms with Crippen LogP contribution in [0.3, 0.4) is 0 Å². The Balaban J connectivity index is 1.82. The number of aliphatic hydroxyl groups excluding tert-OH is 2. The first-order valence-corrected chi connectivity index (χ1v) is 22.6. The highest BCUT2D eigenvalue weighted by Crippen LogP contribution is 2.55. The Morgan fingerprint density at radius 1 is 0.875 bits per heavy atom. The molecule has 0 spiro atoms. The van der Waals surface area contributed by atoms with E-state index in [9.17, 15) is 39.9 Å². The summed E-state index contributed by atoms with van der Waals surface area (Å²) in [6.07, 6.45) is 14.6. The number of nitrogens with zero attached hydrogens (tertiary/aromatic N) is 1. The number of phenolic OH excluding ortho intramolecular Hbond substituents is 3. The molecule has 5 rings (SSSR count). The zero-order chi connectivity index (χ0) is 47.5. The van der Waals surface area contributed by atoms with Crippen molar-refractivity contribution in [1.29, 1.82) is 0 Å². The molecule has 0 fully saturated rings. The third-order valence-electron chi connectivity index (χ3n) is 12.6. The molecule has 15 nitrogen and oxygen atoms in total. The van der Waals surface area contributed by atoms with Crippen molar-refractivity contribution in [3.05, 3.63) is 52.8 Å². The van der Waals surface area contributed by atoms with Gasteiger partial charge in [0, 0.05) is 61.2 Å². The number of rotatable bonds is 14. The fourth-order valence-corrected chi connectivity index (χ4v) is 8.49. The number of hydrogen-bond acceptors (Lipinski definition) is 14. The highest BCUT2D eigenvalue weighted by molar-refractivity contribution is 6.23. The third kappa shape index (κ3) is 11.8. The fraction of sp³-hybridized carbons (Fsp3) is 0.592. The lowest BCUT2D eigenvalue weighted by Gasteiger charge is -2.38. The van der Waals surface area contributed by atoms with E-state index in [-0.39, 0.29) is 51.1 Å². The number of carbonyl (C=O) groups excluding carboxylic acids is 3. The Hall–Kier alpha value is -5.12. The minimum absolute atomic E-state index is 0.0438. The molecular formula is C49H70N2O13. The number of unbranched alkanes of at least 4 members (excludes halogenated alkanes) is 8. The summed E-state index contributed by atoms with van der Waals surface area (Å²) in [6, 6.07) is 0. The van der Waals surface area contributed by atoms with E-state index in [0.29, 0.717) is 0 Å². The van der Waals surface area contributed by atoms with E-state index in [1.165, 1.54) is 85.3 Å². The van der Waals surface area contributed by atoms with Gasteiger partial charge in [-0.15, -0.1) is 0 Å². The van der Waals surface area contributed by atoms with Crippen LogP contribution >= 0.6 is 0 Å². The number of hydrogen-bond donors (Lipinski definition) is 6. The first-order chi connectivity index (χ1) is 30.3. The Morgan fingerprint density at radius 2 is 1.52 bits per heavy atom. The monoisotopic (exact) mass is 894 g/mol. The minimum atomic E-state index is -2.06. The van der Waals surface area contributed by atoms with E-state index in [4.69, 9.17) is 23.8 Å². The predicted molar refractivity (Wildman–Crippen MR) is 245 cm³/mol. The second-order valence-corrected chi connectivity index (χ2v) is 17.5. The van der Waals surface area contributed by atoms with Gasteiger partial charge in [-0.1, -0.05) is 103 Å². The van der Waals surface area contributed by atoms with Gasteiger partial charge in [0.2, 0.25) is 0 Å². The van der Waals surface area contributed by atoms with Crippen LogP contribution in [-0.2, 0) is 28.6 Å². The first kappa shape index (κ1) is 51.5. The van der Waals surface area contributed by atoms with Gasteiger partial charge >= 0.3 is 11.8 Å². The van der Waals surface area contributed by atoms with Crippen molar-refractivity contribution < 1.29 is 63.7 Å². The largest absolute Gasteiger partial charge is 0.507 e. The van der Waals surface area contributed by atoms with E-state index < -0.39 is 88.8 Å². The number of aromatic hydroxyl groups is 3. The number of ketones is 1. The molecule has 3 aliphatic rings. The topological polar surface area (TPSA) is 223 Å². The maximum atomic E-state index is 14.5.